The summed E-state index contributed by atoms with van der Waals surface area (Å²) in [5.41, 5.74) is 0.939. The van der Waals surface area contributed by atoms with Gasteiger partial charge < -0.3 is 9.79 Å². The summed E-state index contributed by atoms with van der Waals surface area (Å²) in [6, 6.07) is 0. The molecule has 4 nitrogen and oxygen atoms in total. The highest BCUT2D eigenvalue weighted by Gasteiger charge is 2.14. The summed E-state index contributed by atoms with van der Waals surface area (Å²) in [6.45, 7) is 4.17. The monoisotopic (exact) mass is 422 g/mol. The molecule has 0 spiro atoms. The van der Waals surface area contributed by atoms with E-state index in [0.29, 0.717) is 0 Å². The molecule has 0 aromatic heterocycles. The highest BCUT2D eigenvalue weighted by atomic mass is 32.2. The number of hydrogen-bond donors (Lipinski definition) is 2. The summed E-state index contributed by atoms with van der Waals surface area (Å²) in [7, 11) is -4.36. The maximum absolute atomic E-state index is 10.7. The highest BCUT2D eigenvalue weighted by Crippen LogP contribution is 2.36. The number of phosphoric ester groups is 1. The van der Waals surface area contributed by atoms with Gasteiger partial charge in [-0.2, -0.15) is 11.8 Å². The third-order valence-electron chi connectivity index (χ3n) is 4.76. The lowest BCUT2D eigenvalue weighted by Gasteiger charge is -2.09. The number of allylic oxidation sites excluding steroid dienone is 1. The molecule has 27 heavy (non-hydrogen) atoms. The van der Waals surface area contributed by atoms with Crippen molar-refractivity contribution in [2.45, 2.75) is 104 Å². The number of hydrogen-bond acceptors (Lipinski definition) is 3. The highest BCUT2D eigenvalue weighted by molar-refractivity contribution is 7.99. The molecule has 0 fully saturated rings. The van der Waals surface area contributed by atoms with Gasteiger partial charge in [0.2, 0.25) is 0 Å². The van der Waals surface area contributed by atoms with E-state index in [1.165, 1.54) is 89.9 Å². The van der Waals surface area contributed by atoms with Crippen LogP contribution in [0.15, 0.2) is 11.6 Å². The van der Waals surface area contributed by atoms with Crippen LogP contribution < -0.4 is 0 Å². The van der Waals surface area contributed by atoms with Crippen LogP contribution in [0.5, 0.6) is 0 Å². The second-order valence-electron chi connectivity index (χ2n) is 7.36. The Bertz CT molecular complexity index is 396. The lowest BCUT2D eigenvalue weighted by atomic mass is 10.0. The first-order chi connectivity index (χ1) is 13.0. The SMILES string of the molecule is CC=C(COP(=O)(O)O)CSCCCCCCCCCCCCCCCC. The Morgan fingerprint density at radius 2 is 1.30 bits per heavy atom. The minimum atomic E-state index is -4.36. The molecule has 0 heterocycles. The Morgan fingerprint density at radius 1 is 0.852 bits per heavy atom. The van der Waals surface area contributed by atoms with Gasteiger partial charge in [0.05, 0.1) is 6.61 Å². The van der Waals surface area contributed by atoms with Crippen molar-refractivity contribution in [3.05, 3.63) is 11.6 Å². The van der Waals surface area contributed by atoms with Crippen LogP contribution in [-0.4, -0.2) is 27.9 Å². The van der Waals surface area contributed by atoms with Crippen molar-refractivity contribution in [3.8, 4) is 0 Å². The lowest BCUT2D eigenvalue weighted by Crippen LogP contribution is -1.99. The van der Waals surface area contributed by atoms with E-state index in [2.05, 4.69) is 11.4 Å². The Balaban J connectivity index is 3.27. The molecule has 0 saturated carbocycles. The summed E-state index contributed by atoms with van der Waals surface area (Å²) in [5, 5.41) is 0. The van der Waals surface area contributed by atoms with Crippen LogP contribution in [0.25, 0.3) is 0 Å². The molecule has 0 aromatic carbocycles. The van der Waals surface area contributed by atoms with Crippen molar-refractivity contribution in [1.82, 2.24) is 0 Å². The first-order valence-electron chi connectivity index (χ1n) is 10.9. The molecule has 0 atom stereocenters. The third-order valence-corrected chi connectivity index (χ3v) is 6.37. The van der Waals surface area contributed by atoms with Gasteiger partial charge in [0, 0.05) is 5.75 Å². The molecule has 0 radical (unpaired) electrons. The molecule has 0 saturated heterocycles. The zero-order valence-corrected chi connectivity index (χ0v) is 19.4. The molecule has 2 N–H and O–H groups in total. The van der Waals surface area contributed by atoms with Gasteiger partial charge in [0.15, 0.2) is 0 Å². The average molecular weight is 423 g/mol. The van der Waals surface area contributed by atoms with E-state index in [1.807, 2.05) is 24.8 Å². The van der Waals surface area contributed by atoms with Crippen LogP contribution in [0.3, 0.4) is 0 Å². The van der Waals surface area contributed by atoms with Crippen molar-refractivity contribution in [1.29, 1.82) is 0 Å². The molecule has 0 aliphatic rings. The van der Waals surface area contributed by atoms with Gasteiger partial charge in [0.25, 0.3) is 0 Å². The molecule has 162 valence electrons. The zero-order valence-electron chi connectivity index (χ0n) is 17.7. The van der Waals surface area contributed by atoms with Gasteiger partial charge in [-0.25, -0.2) is 4.57 Å². The molecule has 0 rings (SSSR count). The summed E-state index contributed by atoms with van der Waals surface area (Å²) in [6.07, 6.45) is 21.1. The van der Waals surface area contributed by atoms with E-state index in [-0.39, 0.29) is 6.61 Å². The molecule has 0 bridgehead atoms. The van der Waals surface area contributed by atoms with E-state index >= 15 is 0 Å². The molecular formula is C21H43O4PS. The third kappa shape index (κ3) is 22.4. The van der Waals surface area contributed by atoms with Gasteiger partial charge >= 0.3 is 7.82 Å². The standard InChI is InChI=1S/C21H43O4PS/c1-3-5-6-7-8-9-10-11-12-13-14-15-16-17-18-27-20-21(4-2)19-25-26(22,23)24/h4H,3,5-20H2,1-2H3,(H2,22,23,24). The normalized spacial score (nSPS) is 12.7. The van der Waals surface area contributed by atoms with E-state index in [1.54, 1.807) is 0 Å². The van der Waals surface area contributed by atoms with E-state index in [4.69, 9.17) is 9.79 Å². The van der Waals surface area contributed by atoms with Crippen molar-refractivity contribution < 1.29 is 18.9 Å². The molecular weight excluding hydrogens is 379 g/mol. The van der Waals surface area contributed by atoms with Crippen molar-refractivity contribution in [2.24, 2.45) is 0 Å². The summed E-state index contributed by atoms with van der Waals surface area (Å²) in [5.74, 6) is 1.89. The molecule has 0 aliphatic carbocycles. The summed E-state index contributed by atoms with van der Waals surface area (Å²) < 4.78 is 15.3. The van der Waals surface area contributed by atoms with Crippen LogP contribution >= 0.6 is 19.6 Å². The van der Waals surface area contributed by atoms with Crippen LogP contribution in [0.4, 0.5) is 0 Å². The first kappa shape index (κ1) is 27.2. The molecule has 0 unspecified atom stereocenters. The van der Waals surface area contributed by atoms with Crippen LogP contribution in [0, 0.1) is 0 Å². The number of phosphoric acid groups is 1. The van der Waals surface area contributed by atoms with Crippen molar-refractivity contribution in [2.75, 3.05) is 18.1 Å². The van der Waals surface area contributed by atoms with E-state index < -0.39 is 7.82 Å². The first-order valence-corrected chi connectivity index (χ1v) is 13.6. The largest absolute Gasteiger partial charge is 0.469 e. The topological polar surface area (TPSA) is 66.8 Å². The van der Waals surface area contributed by atoms with Gasteiger partial charge in [-0.3, -0.25) is 4.52 Å². The smallest absolute Gasteiger partial charge is 0.303 e. The maximum atomic E-state index is 10.7. The second-order valence-corrected chi connectivity index (χ2v) is 9.70. The Morgan fingerprint density at radius 3 is 1.70 bits per heavy atom. The Hall–Kier alpha value is 0.200. The molecule has 0 aromatic rings. The Kier molecular flexibility index (Phi) is 19.7. The minimum absolute atomic E-state index is 0.0204. The quantitative estimate of drug-likeness (QED) is 0.123. The predicted molar refractivity (Wildman–Crippen MR) is 119 cm³/mol. The molecule has 0 aliphatic heterocycles. The van der Waals surface area contributed by atoms with Gasteiger partial charge in [-0.05, 0) is 24.7 Å². The second kappa shape index (κ2) is 19.5. The van der Waals surface area contributed by atoms with Gasteiger partial charge in [-0.1, -0.05) is 96.5 Å². The van der Waals surface area contributed by atoms with Gasteiger partial charge in [0.1, 0.15) is 0 Å². The fourth-order valence-corrected chi connectivity index (χ4v) is 4.38. The molecule has 0 amide bonds. The zero-order chi connectivity index (χ0) is 20.2. The average Bonchev–Trinajstić information content (AvgIpc) is 2.63. The molecule has 6 heteroatoms. The minimum Gasteiger partial charge on any atom is -0.303 e. The van der Waals surface area contributed by atoms with Crippen LogP contribution in [0.1, 0.15) is 104 Å². The van der Waals surface area contributed by atoms with E-state index in [0.717, 1.165) is 17.1 Å². The van der Waals surface area contributed by atoms with Crippen LogP contribution in [-0.2, 0) is 9.09 Å². The van der Waals surface area contributed by atoms with E-state index in [9.17, 15) is 4.57 Å². The van der Waals surface area contributed by atoms with Gasteiger partial charge in [-0.15, -0.1) is 0 Å². The van der Waals surface area contributed by atoms with Crippen molar-refractivity contribution >= 4 is 19.6 Å². The van der Waals surface area contributed by atoms with Crippen molar-refractivity contribution in [3.63, 3.8) is 0 Å². The number of rotatable bonds is 20. The predicted octanol–water partition coefficient (Wildman–Crippen LogP) is 7.26. The maximum Gasteiger partial charge on any atom is 0.469 e. The summed E-state index contributed by atoms with van der Waals surface area (Å²) >= 11 is 1.82. The lowest BCUT2D eigenvalue weighted by molar-refractivity contribution is 0.212. The number of thioether (sulfide) groups is 1. The Labute approximate surface area is 172 Å². The fraction of sp³-hybridized carbons (Fsp3) is 0.905. The fourth-order valence-electron chi connectivity index (χ4n) is 2.98. The summed E-state index contributed by atoms with van der Waals surface area (Å²) in [4.78, 5) is 17.5. The number of unbranched alkanes of at least 4 members (excludes halogenated alkanes) is 13. The van der Waals surface area contributed by atoms with Crippen LogP contribution in [0.2, 0.25) is 0 Å².